The van der Waals surface area contributed by atoms with E-state index in [1.807, 2.05) is 13.0 Å². The number of imidazole rings is 1. The predicted octanol–water partition coefficient (Wildman–Crippen LogP) is 5.08. The van der Waals surface area contributed by atoms with Gasteiger partial charge in [0, 0.05) is 6.04 Å². The zero-order chi connectivity index (χ0) is 14.9. The SMILES string of the molecule is CC(Cl)c1nc2c(F)cccc2n1C1C(C)(C)C1(C)C. The van der Waals surface area contributed by atoms with Crippen LogP contribution in [-0.4, -0.2) is 9.55 Å². The first-order chi connectivity index (χ1) is 9.19. The fourth-order valence-corrected chi connectivity index (χ4v) is 3.61. The Balaban J connectivity index is 2.30. The van der Waals surface area contributed by atoms with Crippen LogP contribution in [0.2, 0.25) is 0 Å². The van der Waals surface area contributed by atoms with Crippen LogP contribution in [-0.2, 0) is 0 Å². The first-order valence-electron chi connectivity index (χ1n) is 7.00. The Kier molecular flexibility index (Phi) is 2.75. The van der Waals surface area contributed by atoms with Gasteiger partial charge in [0.1, 0.15) is 11.3 Å². The van der Waals surface area contributed by atoms with Crippen LogP contribution in [0.3, 0.4) is 0 Å². The first-order valence-corrected chi connectivity index (χ1v) is 7.43. The molecule has 2 nitrogen and oxygen atoms in total. The molecule has 0 amide bonds. The summed E-state index contributed by atoms with van der Waals surface area (Å²) < 4.78 is 16.1. The molecular weight excluding hydrogens is 275 g/mol. The Morgan fingerprint density at radius 1 is 1.25 bits per heavy atom. The number of aromatic nitrogens is 2. The number of halogens is 2. The van der Waals surface area contributed by atoms with Crippen LogP contribution in [0.4, 0.5) is 4.39 Å². The van der Waals surface area contributed by atoms with Gasteiger partial charge in [-0.15, -0.1) is 11.6 Å². The monoisotopic (exact) mass is 294 g/mol. The molecule has 0 aliphatic heterocycles. The van der Waals surface area contributed by atoms with Crippen LogP contribution in [0.5, 0.6) is 0 Å². The van der Waals surface area contributed by atoms with Gasteiger partial charge in [-0.05, 0) is 29.9 Å². The van der Waals surface area contributed by atoms with Crippen molar-refractivity contribution >= 4 is 22.6 Å². The van der Waals surface area contributed by atoms with E-state index in [2.05, 4.69) is 37.2 Å². The summed E-state index contributed by atoms with van der Waals surface area (Å²) in [6, 6.07) is 5.41. The largest absolute Gasteiger partial charge is 0.322 e. The molecule has 1 aliphatic carbocycles. The van der Waals surface area contributed by atoms with Gasteiger partial charge in [0.2, 0.25) is 0 Å². The van der Waals surface area contributed by atoms with Crippen molar-refractivity contribution in [2.24, 2.45) is 10.8 Å². The Bertz CT molecular complexity index is 671. The van der Waals surface area contributed by atoms with E-state index in [-0.39, 0.29) is 28.1 Å². The Morgan fingerprint density at radius 3 is 2.35 bits per heavy atom. The third kappa shape index (κ3) is 1.59. The predicted molar refractivity (Wildman–Crippen MR) is 80.6 cm³/mol. The second-order valence-corrected chi connectivity index (χ2v) is 7.56. The molecule has 4 heteroatoms. The number of alkyl halides is 1. The molecule has 2 aromatic rings. The summed E-state index contributed by atoms with van der Waals surface area (Å²) in [6.45, 7) is 10.9. The number of nitrogens with zero attached hydrogens (tertiary/aromatic N) is 2. The number of benzene rings is 1. The molecule has 0 radical (unpaired) electrons. The van der Waals surface area contributed by atoms with Gasteiger partial charge in [-0.2, -0.15) is 0 Å². The maximum absolute atomic E-state index is 14.0. The number of rotatable bonds is 2. The van der Waals surface area contributed by atoms with E-state index in [4.69, 9.17) is 11.6 Å². The highest BCUT2D eigenvalue weighted by Gasteiger charge is 2.66. The van der Waals surface area contributed by atoms with Crippen molar-refractivity contribution in [2.75, 3.05) is 0 Å². The molecule has 1 fully saturated rings. The first kappa shape index (κ1) is 13.9. The van der Waals surface area contributed by atoms with Crippen molar-refractivity contribution in [1.82, 2.24) is 9.55 Å². The van der Waals surface area contributed by atoms with Crippen molar-refractivity contribution in [2.45, 2.75) is 46.0 Å². The molecule has 1 unspecified atom stereocenters. The molecule has 1 saturated carbocycles. The van der Waals surface area contributed by atoms with E-state index < -0.39 is 0 Å². The van der Waals surface area contributed by atoms with Gasteiger partial charge in [-0.1, -0.05) is 33.8 Å². The zero-order valence-corrected chi connectivity index (χ0v) is 13.3. The van der Waals surface area contributed by atoms with Crippen LogP contribution >= 0.6 is 11.6 Å². The lowest BCUT2D eigenvalue weighted by atomic mass is 10.0. The molecule has 1 aliphatic rings. The summed E-state index contributed by atoms with van der Waals surface area (Å²) in [7, 11) is 0. The molecule has 1 heterocycles. The minimum atomic E-state index is -0.281. The molecular formula is C16H20ClFN2. The molecule has 0 N–H and O–H groups in total. The third-order valence-electron chi connectivity index (χ3n) is 5.26. The molecule has 1 aromatic carbocycles. The van der Waals surface area contributed by atoms with Gasteiger partial charge in [-0.25, -0.2) is 9.37 Å². The minimum Gasteiger partial charge on any atom is -0.322 e. The van der Waals surface area contributed by atoms with Crippen LogP contribution in [0.25, 0.3) is 11.0 Å². The summed E-state index contributed by atoms with van der Waals surface area (Å²) in [4.78, 5) is 4.46. The van der Waals surface area contributed by atoms with Crippen molar-refractivity contribution in [3.8, 4) is 0 Å². The average Bonchev–Trinajstić information content (AvgIpc) is 2.66. The third-order valence-corrected chi connectivity index (χ3v) is 5.45. The maximum Gasteiger partial charge on any atom is 0.151 e. The fourth-order valence-electron chi connectivity index (χ4n) is 3.46. The number of hydrogen-bond donors (Lipinski definition) is 0. The van der Waals surface area contributed by atoms with Gasteiger partial charge in [0.25, 0.3) is 0 Å². The summed E-state index contributed by atoms with van der Waals surface area (Å²) >= 11 is 6.28. The molecule has 20 heavy (non-hydrogen) atoms. The summed E-state index contributed by atoms with van der Waals surface area (Å²) in [5.41, 5.74) is 1.56. The van der Waals surface area contributed by atoms with Crippen molar-refractivity contribution in [3.05, 3.63) is 29.8 Å². The number of para-hydroxylation sites is 1. The van der Waals surface area contributed by atoms with Crippen LogP contribution < -0.4 is 0 Å². The van der Waals surface area contributed by atoms with Crippen molar-refractivity contribution in [3.63, 3.8) is 0 Å². The smallest absolute Gasteiger partial charge is 0.151 e. The van der Waals surface area contributed by atoms with Crippen LogP contribution in [0, 0.1) is 16.6 Å². The molecule has 1 aromatic heterocycles. The van der Waals surface area contributed by atoms with Crippen LogP contribution in [0.1, 0.15) is 51.9 Å². The Hall–Kier alpha value is -1.09. The molecule has 0 spiro atoms. The summed E-state index contributed by atoms with van der Waals surface area (Å²) in [5.74, 6) is 0.478. The lowest BCUT2D eigenvalue weighted by molar-refractivity contribution is 0.457. The van der Waals surface area contributed by atoms with Gasteiger partial charge in [-0.3, -0.25) is 0 Å². The second kappa shape index (κ2) is 3.97. The molecule has 3 rings (SSSR count). The number of hydrogen-bond acceptors (Lipinski definition) is 1. The quantitative estimate of drug-likeness (QED) is 0.706. The normalized spacial score (nSPS) is 22.1. The zero-order valence-electron chi connectivity index (χ0n) is 12.5. The van der Waals surface area contributed by atoms with Gasteiger partial charge in [0.15, 0.2) is 5.82 Å². The maximum atomic E-state index is 14.0. The lowest BCUT2D eigenvalue weighted by Gasteiger charge is -2.12. The summed E-state index contributed by atoms with van der Waals surface area (Å²) in [5, 5.41) is -0.242. The Labute approximate surface area is 123 Å². The topological polar surface area (TPSA) is 17.8 Å². The Morgan fingerprint density at radius 2 is 1.85 bits per heavy atom. The minimum absolute atomic E-state index is 0.146. The molecule has 0 bridgehead atoms. The van der Waals surface area contributed by atoms with E-state index in [0.717, 1.165) is 11.3 Å². The second-order valence-electron chi connectivity index (χ2n) is 6.91. The van der Waals surface area contributed by atoms with Gasteiger partial charge in [0.05, 0.1) is 10.9 Å². The van der Waals surface area contributed by atoms with E-state index in [0.29, 0.717) is 5.52 Å². The lowest BCUT2D eigenvalue weighted by Crippen LogP contribution is -2.06. The highest BCUT2D eigenvalue weighted by molar-refractivity contribution is 6.20. The molecule has 108 valence electrons. The van der Waals surface area contributed by atoms with Crippen molar-refractivity contribution in [1.29, 1.82) is 0 Å². The highest BCUT2D eigenvalue weighted by Crippen LogP contribution is 2.72. The van der Waals surface area contributed by atoms with E-state index in [9.17, 15) is 4.39 Å². The number of fused-ring (bicyclic) bond motifs is 1. The van der Waals surface area contributed by atoms with Crippen LogP contribution in [0.15, 0.2) is 18.2 Å². The van der Waals surface area contributed by atoms with Gasteiger partial charge >= 0.3 is 0 Å². The molecule has 0 saturated heterocycles. The summed E-state index contributed by atoms with van der Waals surface area (Å²) in [6.07, 6.45) is 0. The molecule has 1 atom stereocenters. The fraction of sp³-hybridized carbons (Fsp3) is 0.562. The van der Waals surface area contributed by atoms with E-state index >= 15 is 0 Å². The van der Waals surface area contributed by atoms with E-state index in [1.54, 1.807) is 6.07 Å². The van der Waals surface area contributed by atoms with Crippen molar-refractivity contribution < 1.29 is 4.39 Å². The average molecular weight is 295 g/mol. The van der Waals surface area contributed by atoms with Gasteiger partial charge < -0.3 is 4.57 Å². The standard InChI is InChI=1S/C16H20ClFN2/c1-9(17)13-19-12-10(18)7-6-8-11(12)20(13)14-15(2,3)16(14,4)5/h6-9,14H,1-5H3. The highest BCUT2D eigenvalue weighted by atomic mass is 35.5. The van der Waals surface area contributed by atoms with E-state index in [1.165, 1.54) is 6.07 Å².